The lowest BCUT2D eigenvalue weighted by atomic mass is 9.78. The van der Waals surface area contributed by atoms with E-state index in [0.717, 1.165) is 23.9 Å². The molecule has 0 unspecified atom stereocenters. The van der Waals surface area contributed by atoms with E-state index in [0.29, 0.717) is 0 Å². The van der Waals surface area contributed by atoms with Gasteiger partial charge in [-0.15, -0.1) is 0 Å². The van der Waals surface area contributed by atoms with Crippen LogP contribution in [0.4, 0.5) is 0 Å². The predicted octanol–water partition coefficient (Wildman–Crippen LogP) is 3.00. The van der Waals surface area contributed by atoms with Gasteiger partial charge in [0.2, 0.25) is 0 Å². The summed E-state index contributed by atoms with van der Waals surface area (Å²) in [5, 5.41) is 0. The molecule has 0 spiro atoms. The highest BCUT2D eigenvalue weighted by molar-refractivity contribution is 9.10. The Morgan fingerprint density at radius 1 is 1.14 bits per heavy atom. The van der Waals surface area contributed by atoms with Gasteiger partial charge in [-0.2, -0.15) is 0 Å². The Kier molecular flexibility index (Phi) is 2.75. The van der Waals surface area contributed by atoms with Crippen LogP contribution >= 0.6 is 15.9 Å². The van der Waals surface area contributed by atoms with Gasteiger partial charge < -0.3 is 5.73 Å². The molecule has 0 atom stereocenters. The van der Waals surface area contributed by atoms with E-state index >= 15 is 0 Å². The number of rotatable bonds is 2. The summed E-state index contributed by atoms with van der Waals surface area (Å²) in [7, 11) is 0. The quantitative estimate of drug-likeness (QED) is 0.804. The summed E-state index contributed by atoms with van der Waals surface area (Å²) in [6, 6.07) is 8.52. The molecule has 0 saturated heterocycles. The first-order chi connectivity index (χ1) is 6.77. The molecule has 0 amide bonds. The number of allylic oxidation sites excluding steroid dienone is 2. The third-order valence-corrected chi connectivity index (χ3v) is 3.56. The van der Waals surface area contributed by atoms with Crippen molar-refractivity contribution in [2.45, 2.75) is 18.3 Å². The number of hydrogen-bond acceptors (Lipinski definition) is 1. The predicted molar refractivity (Wildman–Crippen MR) is 63.2 cm³/mol. The van der Waals surface area contributed by atoms with Gasteiger partial charge in [0.1, 0.15) is 0 Å². The van der Waals surface area contributed by atoms with E-state index in [9.17, 15) is 0 Å². The molecule has 0 fully saturated rings. The summed E-state index contributed by atoms with van der Waals surface area (Å²) in [5.41, 5.74) is 7.41. The van der Waals surface area contributed by atoms with Crippen molar-refractivity contribution in [1.29, 1.82) is 0 Å². The zero-order valence-electron chi connectivity index (χ0n) is 8.04. The Morgan fingerprint density at radius 2 is 1.71 bits per heavy atom. The largest absolute Gasteiger partial charge is 0.330 e. The van der Waals surface area contributed by atoms with Gasteiger partial charge in [-0.25, -0.2) is 0 Å². The highest BCUT2D eigenvalue weighted by atomic mass is 79.9. The lowest BCUT2D eigenvalue weighted by Gasteiger charge is -2.27. The first kappa shape index (κ1) is 9.94. The minimum atomic E-state index is 0.167. The number of halogens is 1. The second-order valence-electron chi connectivity index (χ2n) is 3.87. The highest BCUT2D eigenvalue weighted by Crippen LogP contribution is 2.36. The van der Waals surface area contributed by atoms with Gasteiger partial charge in [0.15, 0.2) is 0 Å². The van der Waals surface area contributed by atoms with Crippen molar-refractivity contribution in [1.82, 2.24) is 0 Å². The Balaban J connectivity index is 2.32. The topological polar surface area (TPSA) is 26.0 Å². The summed E-state index contributed by atoms with van der Waals surface area (Å²) in [4.78, 5) is 0. The number of hydrogen-bond donors (Lipinski definition) is 1. The van der Waals surface area contributed by atoms with Crippen LogP contribution in [0.3, 0.4) is 0 Å². The fourth-order valence-corrected chi connectivity index (χ4v) is 2.29. The molecule has 2 rings (SSSR count). The lowest BCUT2D eigenvalue weighted by molar-refractivity contribution is 0.470. The molecule has 1 aromatic rings. The molecule has 0 saturated carbocycles. The summed E-state index contributed by atoms with van der Waals surface area (Å²) < 4.78 is 1.12. The molecular weight excluding hydrogens is 238 g/mol. The van der Waals surface area contributed by atoms with Gasteiger partial charge in [0.05, 0.1) is 0 Å². The van der Waals surface area contributed by atoms with Gasteiger partial charge in [-0.3, -0.25) is 0 Å². The van der Waals surface area contributed by atoms with Crippen LogP contribution in [-0.2, 0) is 5.41 Å². The van der Waals surface area contributed by atoms with E-state index in [1.54, 1.807) is 0 Å². The molecule has 14 heavy (non-hydrogen) atoms. The van der Waals surface area contributed by atoms with E-state index in [-0.39, 0.29) is 5.41 Å². The molecule has 0 bridgehead atoms. The average molecular weight is 252 g/mol. The fraction of sp³-hybridized carbons (Fsp3) is 0.333. The van der Waals surface area contributed by atoms with Crippen LogP contribution in [0.5, 0.6) is 0 Å². The van der Waals surface area contributed by atoms with Crippen LogP contribution < -0.4 is 5.73 Å². The van der Waals surface area contributed by atoms with Gasteiger partial charge in [-0.05, 0) is 30.5 Å². The lowest BCUT2D eigenvalue weighted by Crippen LogP contribution is -2.32. The molecule has 1 aliphatic rings. The Bertz CT molecular complexity index is 332. The molecule has 1 aliphatic carbocycles. The molecule has 0 radical (unpaired) electrons. The van der Waals surface area contributed by atoms with Gasteiger partial charge in [0, 0.05) is 16.4 Å². The van der Waals surface area contributed by atoms with Crippen molar-refractivity contribution in [3.63, 3.8) is 0 Å². The highest BCUT2D eigenvalue weighted by Gasteiger charge is 2.30. The normalized spacial score (nSPS) is 18.7. The zero-order chi connectivity index (χ0) is 10.0. The summed E-state index contributed by atoms with van der Waals surface area (Å²) in [6.07, 6.45) is 6.61. The van der Waals surface area contributed by atoms with Crippen LogP contribution in [0.2, 0.25) is 0 Å². The number of nitrogens with two attached hydrogens (primary N) is 1. The molecule has 74 valence electrons. The molecule has 1 aromatic carbocycles. The third-order valence-electron chi connectivity index (χ3n) is 3.03. The molecule has 2 N–H and O–H groups in total. The van der Waals surface area contributed by atoms with E-state index in [4.69, 9.17) is 5.73 Å². The Labute approximate surface area is 93.1 Å². The standard InChI is InChI=1S/C12H14BrN/c13-11-5-3-10(4-6-11)12(9-14)7-1-2-8-12/h1-6H,7-9,14H2. The van der Waals surface area contributed by atoms with Gasteiger partial charge in [-0.1, -0.05) is 40.2 Å². The Morgan fingerprint density at radius 3 is 2.21 bits per heavy atom. The van der Waals surface area contributed by atoms with Crippen molar-refractivity contribution in [2.75, 3.05) is 6.54 Å². The van der Waals surface area contributed by atoms with Gasteiger partial charge in [0.25, 0.3) is 0 Å². The fourth-order valence-electron chi connectivity index (χ4n) is 2.02. The minimum absolute atomic E-state index is 0.167. The van der Waals surface area contributed by atoms with E-state index < -0.39 is 0 Å². The summed E-state index contributed by atoms with van der Waals surface area (Å²) in [5.74, 6) is 0. The second kappa shape index (κ2) is 3.87. The monoisotopic (exact) mass is 251 g/mol. The maximum atomic E-state index is 5.89. The van der Waals surface area contributed by atoms with Crippen LogP contribution in [0.1, 0.15) is 18.4 Å². The second-order valence-corrected chi connectivity index (χ2v) is 4.79. The first-order valence-corrected chi connectivity index (χ1v) is 5.67. The number of benzene rings is 1. The molecule has 0 aliphatic heterocycles. The maximum absolute atomic E-state index is 5.89. The van der Waals surface area contributed by atoms with Gasteiger partial charge >= 0.3 is 0 Å². The third kappa shape index (κ3) is 1.64. The van der Waals surface area contributed by atoms with Crippen LogP contribution in [0.15, 0.2) is 40.9 Å². The summed E-state index contributed by atoms with van der Waals surface area (Å²) >= 11 is 3.45. The van der Waals surface area contributed by atoms with Crippen LogP contribution in [0, 0.1) is 0 Å². The SMILES string of the molecule is NCC1(c2ccc(Br)cc2)CC=CC1. The molecular formula is C12H14BrN. The van der Waals surface area contributed by atoms with Crippen molar-refractivity contribution in [2.24, 2.45) is 5.73 Å². The minimum Gasteiger partial charge on any atom is -0.330 e. The zero-order valence-corrected chi connectivity index (χ0v) is 9.63. The van der Waals surface area contributed by atoms with Crippen molar-refractivity contribution >= 4 is 15.9 Å². The smallest absolute Gasteiger partial charge is 0.0175 e. The first-order valence-electron chi connectivity index (χ1n) is 4.88. The van der Waals surface area contributed by atoms with E-state index in [1.165, 1.54) is 5.56 Å². The molecule has 0 aromatic heterocycles. The van der Waals surface area contributed by atoms with Crippen LogP contribution in [0.25, 0.3) is 0 Å². The Hall–Kier alpha value is -0.600. The summed E-state index contributed by atoms with van der Waals surface area (Å²) in [6.45, 7) is 0.724. The molecule has 0 heterocycles. The average Bonchev–Trinajstić information content (AvgIpc) is 2.68. The molecule has 1 nitrogen and oxygen atoms in total. The van der Waals surface area contributed by atoms with Crippen molar-refractivity contribution in [3.8, 4) is 0 Å². The van der Waals surface area contributed by atoms with Crippen molar-refractivity contribution in [3.05, 3.63) is 46.5 Å². The maximum Gasteiger partial charge on any atom is 0.0175 e. The van der Waals surface area contributed by atoms with E-state index in [2.05, 4.69) is 52.3 Å². The van der Waals surface area contributed by atoms with Crippen molar-refractivity contribution < 1.29 is 0 Å². The molecule has 2 heteroatoms. The van der Waals surface area contributed by atoms with E-state index in [1.807, 2.05) is 0 Å². The van der Waals surface area contributed by atoms with Crippen LogP contribution in [-0.4, -0.2) is 6.54 Å².